The first-order chi connectivity index (χ1) is 13.0. The van der Waals surface area contributed by atoms with E-state index in [-0.39, 0.29) is 12.4 Å². The molecule has 0 saturated carbocycles. The van der Waals surface area contributed by atoms with Crippen LogP contribution in [-0.4, -0.2) is 31.7 Å². The zero-order valence-electron chi connectivity index (χ0n) is 15.0. The molecule has 142 valence electrons. The molecule has 0 radical (unpaired) electrons. The summed E-state index contributed by atoms with van der Waals surface area (Å²) in [4.78, 5) is 22.4. The van der Waals surface area contributed by atoms with E-state index in [2.05, 4.69) is 15.8 Å². The molecule has 2 rings (SSSR count). The molecule has 0 saturated heterocycles. The average molecular weight is 373 g/mol. The fraction of sp³-hybridized carbons (Fsp3) is 0.211. The molecule has 0 aliphatic carbocycles. The summed E-state index contributed by atoms with van der Waals surface area (Å²) in [7, 11) is 1.35. The molecule has 0 spiro atoms. The van der Waals surface area contributed by atoms with Gasteiger partial charge >= 0.3 is 11.8 Å². The van der Waals surface area contributed by atoms with Gasteiger partial charge in [-0.1, -0.05) is 12.1 Å². The fourth-order valence-corrected chi connectivity index (χ4v) is 2.11. The number of likely N-dealkylation sites (N-methyl/N-ethyl adjacent to an activating group) is 1. The van der Waals surface area contributed by atoms with Crippen molar-refractivity contribution in [1.29, 1.82) is 0 Å². The molecule has 0 heterocycles. The van der Waals surface area contributed by atoms with Crippen LogP contribution in [0.15, 0.2) is 47.6 Å². The van der Waals surface area contributed by atoms with Crippen molar-refractivity contribution in [2.24, 2.45) is 5.10 Å². The van der Waals surface area contributed by atoms with Crippen LogP contribution in [0, 0.1) is 5.82 Å². The van der Waals surface area contributed by atoms with E-state index in [4.69, 9.17) is 9.47 Å². The number of hydrogen-bond donors (Lipinski definition) is 2. The molecule has 2 N–H and O–H groups in total. The minimum Gasteiger partial charge on any atom is -0.490 e. The largest absolute Gasteiger partial charge is 0.490 e. The third kappa shape index (κ3) is 6.10. The third-order valence-electron chi connectivity index (χ3n) is 3.36. The Morgan fingerprint density at radius 2 is 1.93 bits per heavy atom. The number of carbonyl (C=O) groups excluding carboxylic acids is 2. The number of rotatable bonds is 7. The van der Waals surface area contributed by atoms with Crippen LogP contribution in [0.3, 0.4) is 0 Å². The molecule has 2 aromatic carbocycles. The summed E-state index contributed by atoms with van der Waals surface area (Å²) in [6, 6.07) is 11.2. The van der Waals surface area contributed by atoms with E-state index in [1.165, 1.54) is 25.4 Å². The van der Waals surface area contributed by atoms with E-state index in [9.17, 15) is 14.0 Å². The number of benzene rings is 2. The normalized spacial score (nSPS) is 10.5. The monoisotopic (exact) mass is 373 g/mol. The van der Waals surface area contributed by atoms with Crippen molar-refractivity contribution < 1.29 is 23.5 Å². The Hall–Kier alpha value is -3.42. The summed E-state index contributed by atoms with van der Waals surface area (Å²) < 4.78 is 24.5. The van der Waals surface area contributed by atoms with Crippen LogP contribution in [0.25, 0.3) is 0 Å². The topological polar surface area (TPSA) is 89.0 Å². The number of nitrogens with zero attached hydrogens (tertiary/aromatic N) is 1. The molecule has 8 heteroatoms. The van der Waals surface area contributed by atoms with Crippen molar-refractivity contribution in [3.63, 3.8) is 0 Å². The Kier molecular flexibility index (Phi) is 7.30. The van der Waals surface area contributed by atoms with E-state index in [0.717, 1.165) is 0 Å². The number of hydrogen-bond acceptors (Lipinski definition) is 5. The number of ether oxygens (including phenoxy) is 2. The zero-order valence-corrected chi connectivity index (χ0v) is 15.0. The second-order valence-electron chi connectivity index (χ2n) is 5.34. The molecule has 0 bridgehead atoms. The van der Waals surface area contributed by atoms with Crippen molar-refractivity contribution in [3.8, 4) is 11.5 Å². The van der Waals surface area contributed by atoms with Gasteiger partial charge in [0.2, 0.25) is 0 Å². The first kappa shape index (κ1) is 19.9. The molecule has 0 aromatic heterocycles. The van der Waals surface area contributed by atoms with Crippen LogP contribution >= 0.6 is 0 Å². The summed E-state index contributed by atoms with van der Waals surface area (Å²) in [5.41, 5.74) is 3.44. The summed E-state index contributed by atoms with van der Waals surface area (Å²) in [6.07, 6.45) is 1.37. The summed E-state index contributed by atoms with van der Waals surface area (Å²) in [5.74, 6) is -1.01. The highest BCUT2D eigenvalue weighted by Gasteiger charge is 2.10. The Morgan fingerprint density at radius 1 is 1.11 bits per heavy atom. The highest BCUT2D eigenvalue weighted by Crippen LogP contribution is 2.29. The van der Waals surface area contributed by atoms with Gasteiger partial charge in [0.05, 0.1) is 12.8 Å². The van der Waals surface area contributed by atoms with Crippen LogP contribution in [0.4, 0.5) is 4.39 Å². The first-order valence-corrected chi connectivity index (χ1v) is 8.22. The van der Waals surface area contributed by atoms with Crippen molar-refractivity contribution in [3.05, 3.63) is 59.4 Å². The van der Waals surface area contributed by atoms with E-state index in [1.54, 1.807) is 30.3 Å². The van der Waals surface area contributed by atoms with Crippen LogP contribution in [-0.2, 0) is 16.2 Å². The smallest absolute Gasteiger partial charge is 0.329 e. The van der Waals surface area contributed by atoms with Crippen LogP contribution in [0.1, 0.15) is 18.1 Å². The van der Waals surface area contributed by atoms with Crippen molar-refractivity contribution in [2.75, 3.05) is 13.7 Å². The van der Waals surface area contributed by atoms with Gasteiger partial charge in [0.25, 0.3) is 0 Å². The summed E-state index contributed by atoms with van der Waals surface area (Å²) in [6.45, 7) is 2.44. The fourth-order valence-electron chi connectivity index (χ4n) is 2.11. The molecule has 0 unspecified atom stereocenters. The van der Waals surface area contributed by atoms with E-state index in [1.807, 2.05) is 6.92 Å². The quantitative estimate of drug-likeness (QED) is 0.441. The third-order valence-corrected chi connectivity index (χ3v) is 3.36. The van der Waals surface area contributed by atoms with E-state index in [0.29, 0.717) is 29.2 Å². The molecule has 2 aromatic rings. The minimum atomic E-state index is -0.867. The van der Waals surface area contributed by atoms with Gasteiger partial charge in [0, 0.05) is 7.05 Å². The van der Waals surface area contributed by atoms with Gasteiger partial charge in [-0.15, -0.1) is 0 Å². The lowest BCUT2D eigenvalue weighted by atomic mass is 10.2. The zero-order chi connectivity index (χ0) is 19.6. The van der Waals surface area contributed by atoms with Gasteiger partial charge < -0.3 is 14.8 Å². The molecule has 0 fully saturated rings. The molecular formula is C19H20FN3O4. The Bertz CT molecular complexity index is 839. The van der Waals surface area contributed by atoms with Crippen LogP contribution in [0.2, 0.25) is 0 Å². The van der Waals surface area contributed by atoms with Gasteiger partial charge in [-0.2, -0.15) is 5.10 Å². The van der Waals surface area contributed by atoms with Gasteiger partial charge in [0.1, 0.15) is 12.4 Å². The van der Waals surface area contributed by atoms with Gasteiger partial charge in [0.15, 0.2) is 11.5 Å². The Labute approximate surface area is 156 Å². The highest BCUT2D eigenvalue weighted by molar-refractivity contribution is 6.34. The molecule has 27 heavy (non-hydrogen) atoms. The molecular weight excluding hydrogens is 353 g/mol. The number of amides is 2. The maximum atomic E-state index is 13.2. The van der Waals surface area contributed by atoms with Crippen molar-refractivity contribution in [1.82, 2.24) is 10.7 Å². The van der Waals surface area contributed by atoms with Gasteiger partial charge in [-0.3, -0.25) is 9.59 Å². The first-order valence-electron chi connectivity index (χ1n) is 8.22. The van der Waals surface area contributed by atoms with Crippen LogP contribution < -0.4 is 20.2 Å². The number of hydrazone groups is 1. The molecule has 0 aliphatic rings. The second kappa shape index (κ2) is 9.91. The summed E-state index contributed by atoms with van der Waals surface area (Å²) >= 11 is 0. The lowest BCUT2D eigenvalue weighted by molar-refractivity contribution is -0.138. The highest BCUT2D eigenvalue weighted by atomic mass is 19.1. The number of halogens is 1. The number of nitrogens with one attached hydrogen (secondary N) is 2. The maximum absolute atomic E-state index is 13.2. The molecule has 0 aliphatic heterocycles. The molecule has 2 amide bonds. The number of carbonyl (C=O) groups is 2. The predicted octanol–water partition coefficient (Wildman–Crippen LogP) is 2.00. The van der Waals surface area contributed by atoms with Gasteiger partial charge in [-0.25, -0.2) is 9.82 Å². The van der Waals surface area contributed by atoms with Crippen molar-refractivity contribution >= 4 is 18.0 Å². The SMILES string of the molecule is CCOc1cc(/C=N\NC(=O)C(=O)NC)ccc1OCc1cccc(F)c1. The lowest BCUT2D eigenvalue weighted by Crippen LogP contribution is -2.35. The maximum Gasteiger partial charge on any atom is 0.329 e. The average Bonchev–Trinajstić information content (AvgIpc) is 2.67. The Balaban J connectivity index is 2.06. The Morgan fingerprint density at radius 3 is 2.63 bits per heavy atom. The second-order valence-corrected chi connectivity index (χ2v) is 5.34. The molecule has 0 atom stereocenters. The standard InChI is InChI=1S/C19H20FN3O4/c1-3-26-17-10-13(11-22-23-19(25)18(24)21-2)7-8-16(17)27-12-14-5-4-6-15(20)9-14/h4-11H,3,12H2,1-2H3,(H,21,24)(H,23,25)/b22-11-. The van der Waals surface area contributed by atoms with Gasteiger partial charge in [-0.05, 0) is 48.4 Å². The van der Waals surface area contributed by atoms with E-state index < -0.39 is 11.8 Å². The minimum absolute atomic E-state index is 0.188. The predicted molar refractivity (Wildman–Crippen MR) is 98.1 cm³/mol. The van der Waals surface area contributed by atoms with Crippen molar-refractivity contribution in [2.45, 2.75) is 13.5 Å². The summed E-state index contributed by atoms with van der Waals surface area (Å²) in [5, 5.41) is 5.91. The molecule has 7 nitrogen and oxygen atoms in total. The van der Waals surface area contributed by atoms with E-state index >= 15 is 0 Å². The lowest BCUT2D eigenvalue weighted by Gasteiger charge is -2.12. The van der Waals surface area contributed by atoms with Crippen LogP contribution in [0.5, 0.6) is 11.5 Å².